The van der Waals surface area contributed by atoms with Crippen LogP contribution in [0.4, 0.5) is 4.39 Å². The summed E-state index contributed by atoms with van der Waals surface area (Å²) in [5, 5.41) is 0.0902. The second-order valence-corrected chi connectivity index (χ2v) is 2.62. The molecule has 0 amide bonds. The maximum absolute atomic E-state index is 13.0. The summed E-state index contributed by atoms with van der Waals surface area (Å²) in [5.74, 6) is -0.272. The second-order valence-electron chi connectivity index (χ2n) is 2.21. The summed E-state index contributed by atoms with van der Waals surface area (Å²) in [4.78, 5) is 0. The number of ether oxygens (including phenoxy) is 1. The fraction of sp³-hybridized carbons (Fsp3) is 0.250. The van der Waals surface area contributed by atoms with E-state index in [0.29, 0.717) is 0 Å². The molecule has 0 N–H and O–H groups in total. The van der Waals surface area contributed by atoms with Crippen molar-refractivity contribution in [2.45, 2.75) is 6.92 Å². The highest BCUT2D eigenvalue weighted by Gasteiger charge is 2.08. The number of methoxy groups -OCH3 is 1. The van der Waals surface area contributed by atoms with Gasteiger partial charge in [-0.05, 0) is 18.6 Å². The van der Waals surface area contributed by atoms with Crippen molar-refractivity contribution in [1.29, 1.82) is 0 Å². The molecule has 0 bridgehead atoms. The third-order valence-corrected chi connectivity index (χ3v) is 1.74. The minimum atomic E-state index is -0.492. The molecule has 0 aliphatic heterocycles. The molecule has 0 radical (unpaired) electrons. The molecule has 0 saturated carbocycles. The van der Waals surface area contributed by atoms with Crippen molar-refractivity contribution in [2.75, 3.05) is 7.11 Å². The highest BCUT2D eigenvalue weighted by Crippen LogP contribution is 2.27. The molecule has 1 aromatic carbocycles. The van der Waals surface area contributed by atoms with Gasteiger partial charge in [0.1, 0.15) is 0 Å². The minimum absolute atomic E-state index is 0.0902. The number of rotatable bonds is 1. The molecule has 1 rings (SSSR count). The summed E-state index contributed by atoms with van der Waals surface area (Å²) < 4.78 is 17.8. The quantitative estimate of drug-likeness (QED) is 0.636. The summed E-state index contributed by atoms with van der Waals surface area (Å²) >= 11 is 5.51. The van der Waals surface area contributed by atoms with Crippen LogP contribution in [0.3, 0.4) is 0 Å². The van der Waals surface area contributed by atoms with Crippen LogP contribution >= 0.6 is 11.6 Å². The number of halogens is 2. The highest BCUT2D eigenvalue weighted by atomic mass is 35.5. The molecule has 1 aromatic rings. The zero-order valence-corrected chi connectivity index (χ0v) is 7.07. The average Bonchev–Trinajstić information content (AvgIpc) is 1.99. The minimum Gasteiger partial charge on any atom is -0.493 e. The summed E-state index contributed by atoms with van der Waals surface area (Å²) in [7, 11) is 1.42. The normalized spacial score (nSPS) is 9.82. The van der Waals surface area contributed by atoms with Gasteiger partial charge in [0.05, 0.1) is 12.1 Å². The van der Waals surface area contributed by atoms with Gasteiger partial charge in [0.2, 0.25) is 0 Å². The van der Waals surface area contributed by atoms with E-state index in [0.717, 1.165) is 5.56 Å². The Morgan fingerprint density at radius 2 is 2.09 bits per heavy atom. The summed E-state index contributed by atoms with van der Waals surface area (Å²) in [6.07, 6.45) is 0. The molecule has 0 aliphatic rings. The molecule has 3 heteroatoms. The first kappa shape index (κ1) is 8.34. The van der Waals surface area contributed by atoms with Crippen molar-refractivity contribution >= 4 is 11.6 Å². The van der Waals surface area contributed by atoms with Gasteiger partial charge in [-0.15, -0.1) is 0 Å². The molecule has 0 atom stereocenters. The van der Waals surface area contributed by atoms with E-state index in [9.17, 15) is 4.39 Å². The van der Waals surface area contributed by atoms with Crippen LogP contribution in [-0.2, 0) is 0 Å². The molecule has 1 nitrogen and oxygen atoms in total. The van der Waals surface area contributed by atoms with Crippen molar-refractivity contribution in [3.8, 4) is 5.75 Å². The van der Waals surface area contributed by atoms with E-state index >= 15 is 0 Å². The Morgan fingerprint density at radius 3 is 2.55 bits per heavy atom. The van der Waals surface area contributed by atoms with E-state index in [-0.39, 0.29) is 10.8 Å². The van der Waals surface area contributed by atoms with Crippen LogP contribution in [0.25, 0.3) is 0 Å². The maximum atomic E-state index is 13.0. The molecule has 11 heavy (non-hydrogen) atoms. The topological polar surface area (TPSA) is 9.23 Å². The molecule has 0 heterocycles. The Balaban J connectivity index is 3.29. The third kappa shape index (κ3) is 1.46. The lowest BCUT2D eigenvalue weighted by Gasteiger charge is -2.05. The molecule has 0 unspecified atom stereocenters. The molecule has 0 aliphatic carbocycles. The van der Waals surface area contributed by atoms with E-state index in [1.165, 1.54) is 13.2 Å². The number of aryl methyl sites for hydroxylation is 1. The monoisotopic (exact) mass is 174 g/mol. The molecule has 60 valence electrons. The van der Waals surface area contributed by atoms with Gasteiger partial charge in [-0.2, -0.15) is 0 Å². The molecule has 0 saturated heterocycles. The Labute approximate surface area is 69.7 Å². The number of hydrogen-bond donors (Lipinski definition) is 0. The van der Waals surface area contributed by atoms with Gasteiger partial charge >= 0.3 is 0 Å². The van der Waals surface area contributed by atoms with Crippen molar-refractivity contribution in [3.63, 3.8) is 0 Å². The first-order valence-corrected chi connectivity index (χ1v) is 3.53. The van der Waals surface area contributed by atoms with E-state index in [1.54, 1.807) is 13.0 Å². The summed E-state index contributed by atoms with van der Waals surface area (Å²) in [5.41, 5.74) is 0.745. The van der Waals surface area contributed by atoms with E-state index < -0.39 is 5.82 Å². The Morgan fingerprint density at radius 1 is 1.45 bits per heavy atom. The Kier molecular flexibility index (Phi) is 2.35. The smallest absolute Gasteiger partial charge is 0.183 e. The fourth-order valence-corrected chi connectivity index (χ4v) is 1.03. The van der Waals surface area contributed by atoms with Gasteiger partial charge in [-0.25, -0.2) is 4.39 Å². The SMILES string of the molecule is COc1c(C)ccc(Cl)c1F. The molecule has 0 fully saturated rings. The molecular weight excluding hydrogens is 167 g/mol. The van der Waals surface area contributed by atoms with Crippen LogP contribution in [0.15, 0.2) is 12.1 Å². The number of benzene rings is 1. The van der Waals surface area contributed by atoms with E-state index in [1.807, 2.05) is 0 Å². The maximum Gasteiger partial charge on any atom is 0.183 e. The second kappa shape index (κ2) is 3.09. The standard InChI is InChI=1S/C8H8ClFO/c1-5-3-4-6(9)7(10)8(5)11-2/h3-4H,1-2H3. The fourth-order valence-electron chi connectivity index (χ4n) is 0.879. The van der Waals surface area contributed by atoms with Gasteiger partial charge in [0.15, 0.2) is 11.6 Å². The van der Waals surface area contributed by atoms with Crippen LogP contribution in [-0.4, -0.2) is 7.11 Å². The van der Waals surface area contributed by atoms with Crippen LogP contribution in [0.1, 0.15) is 5.56 Å². The zero-order chi connectivity index (χ0) is 8.43. The Bertz CT molecular complexity index is 273. The molecule has 0 aromatic heterocycles. The summed E-state index contributed by atoms with van der Waals surface area (Å²) in [6.45, 7) is 1.76. The number of hydrogen-bond acceptors (Lipinski definition) is 1. The highest BCUT2D eigenvalue weighted by molar-refractivity contribution is 6.30. The first-order chi connectivity index (χ1) is 5.16. The van der Waals surface area contributed by atoms with Gasteiger partial charge < -0.3 is 4.74 Å². The van der Waals surface area contributed by atoms with Gasteiger partial charge in [-0.1, -0.05) is 17.7 Å². The largest absolute Gasteiger partial charge is 0.493 e. The van der Waals surface area contributed by atoms with Gasteiger partial charge in [0.25, 0.3) is 0 Å². The van der Waals surface area contributed by atoms with Crippen LogP contribution in [0, 0.1) is 12.7 Å². The lowest BCUT2D eigenvalue weighted by molar-refractivity contribution is 0.383. The lowest BCUT2D eigenvalue weighted by atomic mass is 10.2. The predicted octanol–water partition coefficient (Wildman–Crippen LogP) is 2.80. The van der Waals surface area contributed by atoms with Gasteiger partial charge in [-0.3, -0.25) is 0 Å². The van der Waals surface area contributed by atoms with Crippen molar-refractivity contribution in [1.82, 2.24) is 0 Å². The van der Waals surface area contributed by atoms with E-state index in [4.69, 9.17) is 16.3 Å². The Hall–Kier alpha value is -0.760. The predicted molar refractivity (Wildman–Crippen MR) is 42.7 cm³/mol. The first-order valence-electron chi connectivity index (χ1n) is 3.15. The van der Waals surface area contributed by atoms with Crippen LogP contribution in [0.2, 0.25) is 5.02 Å². The summed E-state index contributed by atoms with van der Waals surface area (Å²) in [6, 6.07) is 3.22. The van der Waals surface area contributed by atoms with Crippen molar-refractivity contribution in [3.05, 3.63) is 28.5 Å². The molecular formula is C8H8ClFO. The zero-order valence-electron chi connectivity index (χ0n) is 6.32. The third-order valence-electron chi connectivity index (χ3n) is 1.45. The lowest BCUT2D eigenvalue weighted by Crippen LogP contribution is -1.91. The van der Waals surface area contributed by atoms with Crippen LogP contribution in [0.5, 0.6) is 5.75 Å². The van der Waals surface area contributed by atoms with Crippen molar-refractivity contribution in [2.24, 2.45) is 0 Å². The van der Waals surface area contributed by atoms with Crippen molar-refractivity contribution < 1.29 is 9.13 Å². The van der Waals surface area contributed by atoms with E-state index in [2.05, 4.69) is 0 Å². The van der Waals surface area contributed by atoms with Crippen LogP contribution < -0.4 is 4.74 Å². The molecule has 0 spiro atoms. The average molecular weight is 175 g/mol. The van der Waals surface area contributed by atoms with Gasteiger partial charge in [0, 0.05) is 0 Å².